The van der Waals surface area contributed by atoms with Gasteiger partial charge in [-0.15, -0.1) is 0 Å². The number of rotatable bonds is 4. The minimum atomic E-state index is 1.07. The standard InChI is InChI=1S/C62H48N4/c1-41-19-27-47(28-20-41)63-49-31-33-50(34-32-49)64(48-29-21-42(2)22-30-48)52-14-10-16-54(40-52)66(58-18-8-6-12-44(58)4)60-38-26-46-23-35-55-59(37-25-45-24-36-56(60)62(46)61(45)55)65(53-15-9-13-51(63)39-53)57-17-7-5-11-43(57)3/h5-40H,1-4H3. The summed E-state index contributed by atoms with van der Waals surface area (Å²) in [4.78, 5) is 9.68. The fourth-order valence-electron chi connectivity index (χ4n) is 10.2. The lowest BCUT2D eigenvalue weighted by Gasteiger charge is -2.33. The van der Waals surface area contributed by atoms with Crippen LogP contribution >= 0.6 is 0 Å². The first-order chi connectivity index (χ1) is 32.4. The summed E-state index contributed by atoms with van der Waals surface area (Å²) in [5, 5.41) is 7.37. The molecular weight excluding hydrogens is 801 g/mol. The number of hydrogen-bond donors (Lipinski definition) is 0. The Morgan fingerprint density at radius 1 is 0.242 bits per heavy atom. The van der Waals surface area contributed by atoms with E-state index in [1.165, 1.54) is 54.6 Å². The molecule has 4 nitrogen and oxygen atoms in total. The normalized spacial score (nSPS) is 12.7. The lowest BCUT2D eigenvalue weighted by molar-refractivity contribution is 1.22. The van der Waals surface area contributed by atoms with Gasteiger partial charge in [0, 0.05) is 67.6 Å². The van der Waals surface area contributed by atoms with E-state index in [1.54, 1.807) is 0 Å². The zero-order chi connectivity index (χ0) is 44.5. The molecule has 0 N–H and O–H groups in total. The minimum Gasteiger partial charge on any atom is -0.310 e. The van der Waals surface area contributed by atoms with E-state index in [-0.39, 0.29) is 0 Å². The van der Waals surface area contributed by atoms with Gasteiger partial charge in [0.15, 0.2) is 0 Å². The lowest BCUT2D eigenvalue weighted by atomic mass is 9.91. The first-order valence-electron chi connectivity index (χ1n) is 22.8. The van der Waals surface area contributed by atoms with Gasteiger partial charge >= 0.3 is 0 Å². The third-order valence-corrected chi connectivity index (χ3v) is 13.5. The topological polar surface area (TPSA) is 13.0 Å². The summed E-state index contributed by atoms with van der Waals surface area (Å²) >= 11 is 0. The Labute approximate surface area is 386 Å². The summed E-state index contributed by atoms with van der Waals surface area (Å²) in [6, 6.07) is 80.9. The van der Waals surface area contributed by atoms with Crippen molar-refractivity contribution in [3.63, 3.8) is 0 Å². The highest BCUT2D eigenvalue weighted by molar-refractivity contribution is 6.28. The molecule has 0 fully saturated rings. The molecule has 13 rings (SSSR count). The second-order valence-electron chi connectivity index (χ2n) is 17.7. The van der Waals surface area contributed by atoms with Crippen molar-refractivity contribution >= 4 is 101 Å². The van der Waals surface area contributed by atoms with Crippen LogP contribution in [0.15, 0.2) is 218 Å². The molecule has 316 valence electrons. The molecule has 0 radical (unpaired) electrons. The van der Waals surface area contributed by atoms with E-state index in [0.717, 1.165) is 68.2 Å². The Bertz CT molecular complexity index is 3350. The Morgan fingerprint density at radius 2 is 0.576 bits per heavy atom. The zero-order valence-corrected chi connectivity index (χ0v) is 37.6. The zero-order valence-electron chi connectivity index (χ0n) is 37.6. The average molecular weight is 849 g/mol. The summed E-state index contributed by atoms with van der Waals surface area (Å²) in [5.41, 5.74) is 18.0. The third kappa shape index (κ3) is 6.52. The van der Waals surface area contributed by atoms with E-state index in [4.69, 9.17) is 0 Å². The fourth-order valence-corrected chi connectivity index (χ4v) is 10.2. The molecule has 4 heteroatoms. The van der Waals surface area contributed by atoms with Crippen LogP contribution in [0.3, 0.4) is 0 Å². The second kappa shape index (κ2) is 15.7. The van der Waals surface area contributed by atoms with Crippen molar-refractivity contribution < 1.29 is 0 Å². The summed E-state index contributed by atoms with van der Waals surface area (Å²) in [6.07, 6.45) is 0. The Morgan fingerprint density at radius 3 is 0.955 bits per heavy atom. The predicted octanol–water partition coefficient (Wildman–Crippen LogP) is 18.0. The van der Waals surface area contributed by atoms with Crippen LogP contribution in [0.5, 0.6) is 0 Å². The highest BCUT2D eigenvalue weighted by Crippen LogP contribution is 2.50. The van der Waals surface area contributed by atoms with Crippen molar-refractivity contribution in [3.8, 4) is 0 Å². The van der Waals surface area contributed by atoms with Crippen LogP contribution in [0, 0.1) is 27.7 Å². The molecule has 0 aromatic heterocycles. The molecule has 0 saturated carbocycles. The quantitative estimate of drug-likeness (QED) is 0.164. The number of fused-ring (bicyclic) bond motifs is 2. The van der Waals surface area contributed by atoms with Gasteiger partial charge in [-0.3, -0.25) is 0 Å². The van der Waals surface area contributed by atoms with Crippen LogP contribution in [-0.2, 0) is 0 Å². The molecule has 0 amide bonds. The van der Waals surface area contributed by atoms with Crippen molar-refractivity contribution in [2.75, 3.05) is 19.6 Å². The van der Waals surface area contributed by atoms with E-state index in [1.807, 2.05) is 0 Å². The van der Waals surface area contributed by atoms with Crippen LogP contribution in [0.2, 0.25) is 0 Å². The van der Waals surface area contributed by atoms with Gasteiger partial charge in [0.05, 0.1) is 11.4 Å². The lowest BCUT2D eigenvalue weighted by Crippen LogP contribution is -2.15. The van der Waals surface area contributed by atoms with E-state index < -0.39 is 0 Å². The maximum atomic E-state index is 2.46. The van der Waals surface area contributed by atoms with E-state index >= 15 is 0 Å². The highest BCUT2D eigenvalue weighted by Gasteiger charge is 2.25. The van der Waals surface area contributed by atoms with Gasteiger partial charge in [0.1, 0.15) is 0 Å². The van der Waals surface area contributed by atoms with Gasteiger partial charge < -0.3 is 19.6 Å². The van der Waals surface area contributed by atoms with E-state index in [9.17, 15) is 0 Å². The molecule has 0 spiro atoms. The smallest absolute Gasteiger partial charge is 0.0540 e. The molecule has 11 aromatic rings. The van der Waals surface area contributed by atoms with E-state index in [0.29, 0.717) is 0 Å². The third-order valence-electron chi connectivity index (χ3n) is 13.5. The molecule has 66 heavy (non-hydrogen) atoms. The van der Waals surface area contributed by atoms with Gasteiger partial charge in [-0.25, -0.2) is 0 Å². The molecule has 12 bridgehead atoms. The molecule has 2 aliphatic rings. The summed E-state index contributed by atoms with van der Waals surface area (Å²) < 4.78 is 0. The maximum absolute atomic E-state index is 2.46. The second-order valence-corrected chi connectivity index (χ2v) is 17.7. The number of nitrogens with zero attached hydrogens (tertiary/aromatic N) is 4. The van der Waals surface area contributed by atoms with Crippen LogP contribution in [0.4, 0.5) is 68.2 Å². The highest BCUT2D eigenvalue weighted by atomic mass is 15.2. The number of para-hydroxylation sites is 2. The van der Waals surface area contributed by atoms with Crippen molar-refractivity contribution in [3.05, 3.63) is 241 Å². The Hall–Kier alpha value is -8.34. The van der Waals surface area contributed by atoms with Crippen molar-refractivity contribution in [2.24, 2.45) is 0 Å². The Kier molecular flexibility index (Phi) is 9.35. The number of anilines is 12. The van der Waals surface area contributed by atoms with Crippen molar-refractivity contribution in [1.29, 1.82) is 0 Å². The average Bonchev–Trinajstić information content (AvgIpc) is 3.35. The van der Waals surface area contributed by atoms with Crippen LogP contribution < -0.4 is 19.6 Å². The van der Waals surface area contributed by atoms with Gasteiger partial charge in [0.2, 0.25) is 0 Å². The monoisotopic (exact) mass is 848 g/mol. The largest absolute Gasteiger partial charge is 0.310 e. The van der Waals surface area contributed by atoms with Gasteiger partial charge in [-0.1, -0.05) is 120 Å². The Balaban J connectivity index is 1.20. The minimum absolute atomic E-state index is 1.07. The maximum Gasteiger partial charge on any atom is 0.0540 e. The number of benzene rings is 11. The SMILES string of the molecule is Cc1ccc(N2c3ccc(cc3)N(c3ccc(C)cc3)c3cccc(c3)N(c3ccccc3C)c3ccc4ccc5c(ccc6ccc3c4c65)N(c3ccccc3C)c3cccc2c3)cc1. The molecule has 2 aliphatic heterocycles. The summed E-state index contributed by atoms with van der Waals surface area (Å²) in [7, 11) is 0. The fraction of sp³-hybridized carbons (Fsp3) is 0.0645. The molecule has 11 aromatic carbocycles. The molecule has 0 aliphatic carbocycles. The predicted molar refractivity (Wildman–Crippen MR) is 281 cm³/mol. The first kappa shape index (κ1) is 39.3. The van der Waals surface area contributed by atoms with Crippen molar-refractivity contribution in [2.45, 2.75) is 27.7 Å². The van der Waals surface area contributed by atoms with Crippen LogP contribution in [-0.4, -0.2) is 0 Å². The van der Waals surface area contributed by atoms with Gasteiger partial charge in [-0.2, -0.15) is 0 Å². The van der Waals surface area contributed by atoms with Crippen LogP contribution in [0.25, 0.3) is 32.3 Å². The molecule has 0 saturated heterocycles. The van der Waals surface area contributed by atoms with Crippen LogP contribution in [0.1, 0.15) is 22.3 Å². The summed E-state index contributed by atoms with van der Waals surface area (Å²) in [6.45, 7) is 8.73. The first-order valence-corrected chi connectivity index (χ1v) is 22.8. The van der Waals surface area contributed by atoms with Gasteiger partial charge in [0.25, 0.3) is 0 Å². The van der Waals surface area contributed by atoms with Crippen molar-refractivity contribution in [1.82, 2.24) is 0 Å². The van der Waals surface area contributed by atoms with E-state index in [2.05, 4.69) is 266 Å². The molecule has 0 atom stereocenters. The number of hydrogen-bond acceptors (Lipinski definition) is 4. The number of aryl methyl sites for hydroxylation is 4. The molecule has 0 unspecified atom stereocenters. The van der Waals surface area contributed by atoms with Gasteiger partial charge in [-0.05, 0) is 170 Å². The summed E-state index contributed by atoms with van der Waals surface area (Å²) in [5.74, 6) is 0. The molecule has 2 heterocycles. The molecular formula is C62H48N4.